The zero-order chi connectivity index (χ0) is 27.1. The van der Waals surface area contributed by atoms with E-state index in [1.54, 1.807) is 36.4 Å². The van der Waals surface area contributed by atoms with Crippen LogP contribution in [0, 0.1) is 6.92 Å². The molecule has 2 amide bonds. The number of para-hydroxylation sites is 2. The molecule has 3 aromatic rings. The first-order chi connectivity index (χ1) is 18.3. The van der Waals surface area contributed by atoms with Gasteiger partial charge in [-0.1, -0.05) is 54.1 Å². The Morgan fingerprint density at radius 1 is 1.00 bits per heavy atom. The van der Waals surface area contributed by atoms with Gasteiger partial charge in [0.1, 0.15) is 12.3 Å². The summed E-state index contributed by atoms with van der Waals surface area (Å²) in [4.78, 5) is 27.2. The fraction of sp³-hybridized carbons (Fsp3) is 0.310. The Bertz CT molecular complexity index is 1390. The van der Waals surface area contributed by atoms with Crippen LogP contribution < -0.4 is 14.4 Å². The predicted molar refractivity (Wildman–Crippen MR) is 146 cm³/mol. The van der Waals surface area contributed by atoms with Crippen LogP contribution in [0.4, 0.5) is 5.69 Å². The average molecular weight is 536 g/mol. The van der Waals surface area contributed by atoms with Crippen LogP contribution in [-0.2, 0) is 32.7 Å². The summed E-state index contributed by atoms with van der Waals surface area (Å²) in [7, 11) is -4.07. The van der Waals surface area contributed by atoms with Crippen LogP contribution in [0.3, 0.4) is 0 Å². The number of carbonyl (C=O) groups excluding carboxylic acids is 2. The highest BCUT2D eigenvalue weighted by atomic mass is 32.2. The second-order valence-corrected chi connectivity index (χ2v) is 11.1. The van der Waals surface area contributed by atoms with Crippen molar-refractivity contribution in [2.75, 3.05) is 24.0 Å². The van der Waals surface area contributed by atoms with Gasteiger partial charge in [-0.3, -0.25) is 13.9 Å². The predicted octanol–water partition coefficient (Wildman–Crippen LogP) is 4.03. The van der Waals surface area contributed by atoms with Crippen molar-refractivity contribution < 1.29 is 22.7 Å². The molecule has 4 rings (SSSR count). The third kappa shape index (κ3) is 6.34. The Kier molecular flexibility index (Phi) is 8.68. The SMILES string of the molecule is CCOc1ccccc1N(CC(=O)NCc1ccccc1CN1CCCC1=O)S(=O)(=O)c1ccc(C)cc1. The van der Waals surface area contributed by atoms with E-state index in [2.05, 4.69) is 5.32 Å². The van der Waals surface area contributed by atoms with Crippen molar-refractivity contribution in [2.45, 2.75) is 44.7 Å². The number of amides is 2. The van der Waals surface area contributed by atoms with Gasteiger partial charge in [0.2, 0.25) is 11.8 Å². The van der Waals surface area contributed by atoms with Gasteiger partial charge in [0.15, 0.2) is 0 Å². The minimum atomic E-state index is -4.07. The topological polar surface area (TPSA) is 96.0 Å². The normalized spacial score (nSPS) is 13.4. The second-order valence-electron chi connectivity index (χ2n) is 9.19. The molecule has 0 unspecified atom stereocenters. The lowest BCUT2D eigenvalue weighted by molar-refractivity contribution is -0.128. The van der Waals surface area contributed by atoms with E-state index in [1.807, 2.05) is 43.0 Å². The smallest absolute Gasteiger partial charge is 0.264 e. The number of rotatable bonds is 11. The van der Waals surface area contributed by atoms with E-state index in [0.29, 0.717) is 25.3 Å². The summed E-state index contributed by atoms with van der Waals surface area (Å²) < 4.78 is 34.3. The van der Waals surface area contributed by atoms with Crippen molar-refractivity contribution in [3.05, 3.63) is 89.5 Å². The molecule has 1 N–H and O–H groups in total. The molecule has 38 heavy (non-hydrogen) atoms. The van der Waals surface area contributed by atoms with Gasteiger partial charge in [0.05, 0.1) is 17.2 Å². The molecule has 0 aromatic heterocycles. The highest BCUT2D eigenvalue weighted by Gasteiger charge is 2.29. The highest BCUT2D eigenvalue weighted by Crippen LogP contribution is 2.32. The minimum absolute atomic E-state index is 0.0860. The molecular weight excluding hydrogens is 502 g/mol. The zero-order valence-corrected chi connectivity index (χ0v) is 22.5. The molecule has 0 atom stereocenters. The van der Waals surface area contributed by atoms with Crippen LogP contribution >= 0.6 is 0 Å². The number of sulfonamides is 1. The number of anilines is 1. The summed E-state index contributed by atoms with van der Waals surface area (Å²) in [6.45, 7) is 5.04. The number of hydrogen-bond donors (Lipinski definition) is 1. The Morgan fingerprint density at radius 2 is 1.68 bits per heavy atom. The minimum Gasteiger partial charge on any atom is -0.492 e. The number of aryl methyl sites for hydroxylation is 1. The van der Waals surface area contributed by atoms with E-state index in [1.165, 1.54) is 12.1 Å². The molecule has 200 valence electrons. The highest BCUT2D eigenvalue weighted by molar-refractivity contribution is 7.92. The molecule has 1 saturated heterocycles. The molecule has 3 aromatic carbocycles. The maximum Gasteiger partial charge on any atom is 0.264 e. The molecule has 1 aliphatic heterocycles. The first kappa shape index (κ1) is 27.2. The van der Waals surface area contributed by atoms with Crippen LogP contribution in [0.25, 0.3) is 0 Å². The maximum absolute atomic E-state index is 13.7. The molecule has 0 spiro atoms. The fourth-order valence-electron chi connectivity index (χ4n) is 4.42. The van der Waals surface area contributed by atoms with E-state index in [-0.39, 0.29) is 23.0 Å². The Labute approximate surface area is 224 Å². The van der Waals surface area contributed by atoms with Gasteiger partial charge in [-0.05, 0) is 55.7 Å². The molecule has 1 fully saturated rings. The zero-order valence-electron chi connectivity index (χ0n) is 21.7. The van der Waals surface area contributed by atoms with E-state index < -0.39 is 22.5 Å². The van der Waals surface area contributed by atoms with Crippen LogP contribution in [0.2, 0.25) is 0 Å². The van der Waals surface area contributed by atoms with Crippen LogP contribution in [0.1, 0.15) is 36.5 Å². The third-order valence-electron chi connectivity index (χ3n) is 6.46. The lowest BCUT2D eigenvalue weighted by atomic mass is 10.1. The van der Waals surface area contributed by atoms with Crippen LogP contribution in [0.5, 0.6) is 5.75 Å². The van der Waals surface area contributed by atoms with Gasteiger partial charge in [-0.15, -0.1) is 0 Å². The Hall–Kier alpha value is -3.85. The van der Waals surface area contributed by atoms with Crippen LogP contribution in [-0.4, -0.2) is 44.8 Å². The number of ether oxygens (including phenoxy) is 1. The number of nitrogens with zero attached hydrogens (tertiary/aromatic N) is 2. The van der Waals surface area contributed by atoms with Crippen molar-refractivity contribution in [3.8, 4) is 5.75 Å². The number of hydrogen-bond acceptors (Lipinski definition) is 5. The Morgan fingerprint density at radius 3 is 2.37 bits per heavy atom. The maximum atomic E-state index is 13.7. The van der Waals surface area contributed by atoms with Gasteiger partial charge in [0, 0.05) is 26.1 Å². The van der Waals surface area contributed by atoms with Gasteiger partial charge in [0.25, 0.3) is 10.0 Å². The molecule has 0 radical (unpaired) electrons. The number of likely N-dealkylation sites (tertiary alicyclic amines) is 1. The van der Waals surface area contributed by atoms with Crippen molar-refractivity contribution >= 4 is 27.5 Å². The molecule has 8 nitrogen and oxygen atoms in total. The molecule has 1 heterocycles. The lowest BCUT2D eigenvalue weighted by Crippen LogP contribution is -2.41. The molecule has 1 aliphatic rings. The number of nitrogens with one attached hydrogen (secondary N) is 1. The molecule has 0 saturated carbocycles. The van der Waals surface area contributed by atoms with Gasteiger partial charge < -0.3 is 15.0 Å². The first-order valence-electron chi connectivity index (χ1n) is 12.7. The molecule has 9 heteroatoms. The summed E-state index contributed by atoms with van der Waals surface area (Å²) in [6, 6.07) is 20.9. The standard InChI is InChI=1S/C29H33N3O5S/c1-3-37-27-12-7-6-11-26(27)32(38(35,36)25-16-14-22(2)15-17-25)21-28(33)30-19-23-9-4-5-10-24(23)20-31-18-8-13-29(31)34/h4-7,9-12,14-17H,3,8,13,18-21H2,1-2H3,(H,30,33). The van der Waals surface area contributed by atoms with Crippen molar-refractivity contribution in [1.82, 2.24) is 10.2 Å². The van der Waals surface area contributed by atoms with Crippen molar-refractivity contribution in [3.63, 3.8) is 0 Å². The third-order valence-corrected chi connectivity index (χ3v) is 8.23. The molecule has 0 aliphatic carbocycles. The summed E-state index contributed by atoms with van der Waals surface area (Å²) in [6.07, 6.45) is 1.42. The van der Waals surface area contributed by atoms with Gasteiger partial charge in [-0.2, -0.15) is 0 Å². The second kappa shape index (κ2) is 12.1. The van der Waals surface area contributed by atoms with Crippen molar-refractivity contribution in [2.24, 2.45) is 0 Å². The summed E-state index contributed by atoms with van der Waals surface area (Å²) in [5.74, 6) is 0.0481. The quantitative estimate of drug-likeness (QED) is 0.400. The fourth-order valence-corrected chi connectivity index (χ4v) is 5.85. The van der Waals surface area contributed by atoms with Gasteiger partial charge in [-0.25, -0.2) is 8.42 Å². The lowest BCUT2D eigenvalue weighted by Gasteiger charge is -2.26. The van der Waals surface area contributed by atoms with E-state index in [0.717, 1.165) is 34.0 Å². The average Bonchev–Trinajstić information content (AvgIpc) is 3.31. The largest absolute Gasteiger partial charge is 0.492 e. The van der Waals surface area contributed by atoms with E-state index >= 15 is 0 Å². The first-order valence-corrected chi connectivity index (χ1v) is 14.2. The monoisotopic (exact) mass is 535 g/mol. The summed E-state index contributed by atoms with van der Waals surface area (Å²) in [5.41, 5.74) is 3.05. The summed E-state index contributed by atoms with van der Waals surface area (Å²) in [5, 5.41) is 2.87. The summed E-state index contributed by atoms with van der Waals surface area (Å²) >= 11 is 0. The van der Waals surface area contributed by atoms with E-state index in [4.69, 9.17) is 4.74 Å². The Balaban J connectivity index is 1.56. The number of benzene rings is 3. The molecular formula is C29H33N3O5S. The number of carbonyl (C=O) groups is 2. The van der Waals surface area contributed by atoms with E-state index in [9.17, 15) is 18.0 Å². The van der Waals surface area contributed by atoms with Crippen molar-refractivity contribution in [1.29, 1.82) is 0 Å². The van der Waals surface area contributed by atoms with Crippen LogP contribution in [0.15, 0.2) is 77.7 Å². The van der Waals surface area contributed by atoms with Gasteiger partial charge >= 0.3 is 0 Å². The molecule has 0 bridgehead atoms.